The molecule has 0 aromatic heterocycles. The molecular weight excluding hydrogens is 545 g/mol. The van der Waals surface area contributed by atoms with E-state index in [2.05, 4.69) is 41.6 Å². The van der Waals surface area contributed by atoms with Gasteiger partial charge < -0.3 is 20.3 Å². The Morgan fingerprint density at radius 1 is 1.07 bits per heavy atom. The molecular formula is C34H42FN5O3. The maximum Gasteiger partial charge on any atom is 0.259 e. The molecule has 2 saturated heterocycles. The third-order valence-corrected chi connectivity index (χ3v) is 8.32. The Morgan fingerprint density at radius 2 is 1.79 bits per heavy atom. The molecule has 2 aliphatic heterocycles. The molecule has 2 amide bonds. The zero-order valence-corrected chi connectivity index (χ0v) is 25.7. The van der Waals surface area contributed by atoms with E-state index in [1.54, 1.807) is 18.0 Å². The number of hydrogen-bond donors (Lipinski definition) is 3. The number of nitrogens with zero attached hydrogens (tertiary/aromatic N) is 2. The van der Waals surface area contributed by atoms with E-state index in [1.807, 2.05) is 55.5 Å². The van der Waals surface area contributed by atoms with Crippen molar-refractivity contribution in [3.63, 3.8) is 0 Å². The first-order valence-electron chi connectivity index (χ1n) is 14.9. The Bertz CT molecular complexity index is 1460. The topological polar surface area (TPSA) is 85.9 Å². The van der Waals surface area contributed by atoms with E-state index in [0.717, 1.165) is 24.2 Å². The molecule has 0 aliphatic carbocycles. The van der Waals surface area contributed by atoms with Crippen LogP contribution in [0.5, 0.6) is 0 Å². The molecule has 0 spiro atoms. The van der Waals surface area contributed by atoms with Crippen LogP contribution >= 0.6 is 0 Å². The average Bonchev–Trinajstić information content (AvgIpc) is 2.98. The van der Waals surface area contributed by atoms with Crippen molar-refractivity contribution in [2.75, 3.05) is 50.5 Å². The lowest BCUT2D eigenvalue weighted by atomic mass is 9.86. The Balaban J connectivity index is 1.28. The highest BCUT2D eigenvalue weighted by molar-refractivity contribution is 6.04. The molecule has 8 nitrogen and oxygen atoms in total. The fraction of sp³-hybridized carbons (Fsp3) is 0.412. The largest absolute Gasteiger partial charge is 0.379 e. The molecule has 5 rings (SSSR count). The number of hydrogen-bond acceptors (Lipinski definition) is 6. The Morgan fingerprint density at radius 3 is 2.47 bits per heavy atom. The van der Waals surface area contributed by atoms with Gasteiger partial charge in [-0.1, -0.05) is 51.1 Å². The number of anilines is 2. The lowest BCUT2D eigenvalue weighted by molar-refractivity contribution is -0.134. The van der Waals surface area contributed by atoms with Gasteiger partial charge in [-0.25, -0.2) is 4.39 Å². The van der Waals surface area contributed by atoms with Crippen molar-refractivity contribution < 1.29 is 18.7 Å². The Labute approximate surface area is 253 Å². The summed E-state index contributed by atoms with van der Waals surface area (Å²) in [4.78, 5) is 30.0. The maximum absolute atomic E-state index is 15.0. The van der Waals surface area contributed by atoms with Crippen LogP contribution in [0.2, 0.25) is 0 Å². The SMILES string of the molecule is Cc1c(NC(=O)c2ccc(C(C)(C)C)cc2)cccc1C1CN(C)C(=O)C(Nc2ccc(CN3CCOCC3)c(F)c2)N1. The minimum atomic E-state index is -0.743. The van der Waals surface area contributed by atoms with Crippen molar-refractivity contribution in [2.24, 2.45) is 0 Å². The van der Waals surface area contributed by atoms with E-state index in [4.69, 9.17) is 4.74 Å². The molecule has 0 saturated carbocycles. The first-order chi connectivity index (χ1) is 20.5. The van der Waals surface area contributed by atoms with Gasteiger partial charge in [0.25, 0.3) is 11.8 Å². The van der Waals surface area contributed by atoms with Crippen LogP contribution in [0.1, 0.15) is 59.4 Å². The summed E-state index contributed by atoms with van der Waals surface area (Å²) in [6, 6.07) is 18.3. The van der Waals surface area contributed by atoms with Crippen LogP contribution in [0.3, 0.4) is 0 Å². The smallest absolute Gasteiger partial charge is 0.259 e. The minimum Gasteiger partial charge on any atom is -0.379 e. The van der Waals surface area contributed by atoms with Gasteiger partial charge in [-0.3, -0.25) is 19.8 Å². The van der Waals surface area contributed by atoms with Gasteiger partial charge in [0.05, 0.1) is 19.3 Å². The quantitative estimate of drug-likeness (QED) is 0.359. The fourth-order valence-corrected chi connectivity index (χ4v) is 5.62. The summed E-state index contributed by atoms with van der Waals surface area (Å²) < 4.78 is 20.4. The molecule has 9 heteroatoms. The number of amides is 2. The van der Waals surface area contributed by atoms with Gasteiger partial charge in [-0.2, -0.15) is 0 Å². The summed E-state index contributed by atoms with van der Waals surface area (Å²) in [6.45, 7) is 12.2. The number of carbonyl (C=O) groups is 2. The predicted molar refractivity (Wildman–Crippen MR) is 168 cm³/mol. The second-order valence-corrected chi connectivity index (χ2v) is 12.5. The number of piperazine rings is 1. The van der Waals surface area contributed by atoms with Crippen LogP contribution in [-0.2, 0) is 21.5 Å². The Hall–Kier alpha value is -3.79. The summed E-state index contributed by atoms with van der Waals surface area (Å²) >= 11 is 0. The van der Waals surface area contributed by atoms with Crippen LogP contribution < -0.4 is 16.0 Å². The second kappa shape index (κ2) is 12.8. The molecule has 228 valence electrons. The van der Waals surface area contributed by atoms with Crippen molar-refractivity contribution in [3.8, 4) is 0 Å². The molecule has 43 heavy (non-hydrogen) atoms. The van der Waals surface area contributed by atoms with Crippen LogP contribution in [0.25, 0.3) is 0 Å². The highest BCUT2D eigenvalue weighted by atomic mass is 19.1. The van der Waals surface area contributed by atoms with Gasteiger partial charge >= 0.3 is 0 Å². The normalized spacial score (nSPS) is 19.8. The molecule has 3 aromatic rings. The molecule has 2 aliphatic rings. The zero-order valence-electron chi connectivity index (χ0n) is 25.7. The van der Waals surface area contributed by atoms with Gasteiger partial charge in [0.1, 0.15) is 5.82 Å². The molecule has 3 aromatic carbocycles. The van der Waals surface area contributed by atoms with Gasteiger partial charge in [0.15, 0.2) is 6.17 Å². The lowest BCUT2D eigenvalue weighted by Crippen LogP contribution is -2.58. The van der Waals surface area contributed by atoms with Gasteiger partial charge in [-0.05, 0) is 59.4 Å². The van der Waals surface area contributed by atoms with Crippen molar-refractivity contribution in [1.82, 2.24) is 15.1 Å². The summed E-state index contributed by atoms with van der Waals surface area (Å²) in [7, 11) is 1.76. The Kier molecular flexibility index (Phi) is 9.15. The highest BCUT2D eigenvalue weighted by Gasteiger charge is 2.33. The van der Waals surface area contributed by atoms with Crippen molar-refractivity contribution >= 4 is 23.2 Å². The monoisotopic (exact) mass is 587 g/mol. The zero-order chi connectivity index (χ0) is 30.7. The third kappa shape index (κ3) is 7.24. The minimum absolute atomic E-state index is 0.00876. The number of benzene rings is 3. The third-order valence-electron chi connectivity index (χ3n) is 8.32. The number of rotatable bonds is 7. The van der Waals surface area contributed by atoms with E-state index in [-0.39, 0.29) is 29.1 Å². The van der Waals surface area contributed by atoms with E-state index < -0.39 is 6.17 Å². The molecule has 2 atom stereocenters. The van der Waals surface area contributed by atoms with Crippen LogP contribution in [0.15, 0.2) is 60.7 Å². The standard InChI is InChI=1S/C34H42FN5O3/c1-22-27(7-6-8-29(22)38-32(41)23-9-12-25(13-10-23)34(2,3)4)30-21-39(5)33(42)31(37-30)36-26-14-11-24(28(35)19-26)20-40-15-17-43-18-16-40/h6-14,19,30-31,36-37H,15-18,20-21H2,1-5H3,(H,38,41). The fourth-order valence-electron chi connectivity index (χ4n) is 5.62. The first kappa shape index (κ1) is 30.7. The average molecular weight is 588 g/mol. The van der Waals surface area contributed by atoms with E-state index >= 15 is 4.39 Å². The predicted octanol–water partition coefficient (Wildman–Crippen LogP) is 5.06. The van der Waals surface area contributed by atoms with Crippen LogP contribution in [0.4, 0.5) is 15.8 Å². The summed E-state index contributed by atoms with van der Waals surface area (Å²) in [6.07, 6.45) is -0.743. The molecule has 3 N–H and O–H groups in total. The van der Waals surface area contributed by atoms with Crippen LogP contribution in [-0.4, -0.2) is 67.7 Å². The van der Waals surface area contributed by atoms with Gasteiger partial charge in [-0.15, -0.1) is 0 Å². The number of nitrogens with one attached hydrogen (secondary N) is 3. The lowest BCUT2D eigenvalue weighted by Gasteiger charge is -2.38. The molecule has 2 heterocycles. The van der Waals surface area contributed by atoms with Crippen molar-refractivity contribution in [3.05, 3.63) is 94.3 Å². The number of morpholine rings is 1. The van der Waals surface area contributed by atoms with Crippen molar-refractivity contribution in [2.45, 2.75) is 51.9 Å². The van der Waals surface area contributed by atoms with Gasteiger partial charge in [0.2, 0.25) is 0 Å². The van der Waals surface area contributed by atoms with E-state index in [1.165, 1.54) is 11.6 Å². The summed E-state index contributed by atoms with van der Waals surface area (Å²) in [5, 5.41) is 9.66. The van der Waals surface area contributed by atoms with Gasteiger partial charge in [0, 0.05) is 55.7 Å². The van der Waals surface area contributed by atoms with Crippen LogP contribution in [0, 0.1) is 12.7 Å². The molecule has 2 unspecified atom stereocenters. The number of carbonyl (C=O) groups excluding carboxylic acids is 2. The first-order valence-corrected chi connectivity index (χ1v) is 14.9. The number of halogens is 1. The summed E-state index contributed by atoms with van der Waals surface area (Å²) in [5.74, 6) is -0.616. The second-order valence-electron chi connectivity index (χ2n) is 12.5. The molecule has 0 radical (unpaired) electrons. The highest BCUT2D eigenvalue weighted by Crippen LogP contribution is 2.29. The molecule has 0 bridgehead atoms. The molecule has 2 fully saturated rings. The van der Waals surface area contributed by atoms with Crippen molar-refractivity contribution in [1.29, 1.82) is 0 Å². The van der Waals surface area contributed by atoms with E-state index in [0.29, 0.717) is 48.8 Å². The van der Waals surface area contributed by atoms with E-state index in [9.17, 15) is 9.59 Å². The summed E-state index contributed by atoms with van der Waals surface area (Å²) in [5.41, 5.74) is 5.51. The number of likely N-dealkylation sites (N-methyl/N-ethyl adjacent to an activating group) is 1. The maximum atomic E-state index is 15.0. The number of ether oxygens (including phenoxy) is 1.